The molecule has 2 fully saturated rings. The molecule has 0 unspecified atom stereocenters. The van der Waals surface area contributed by atoms with Gasteiger partial charge in [-0.1, -0.05) is 37.1 Å². The minimum atomic E-state index is -0.736. The molecule has 1 aromatic carbocycles. The zero-order valence-corrected chi connectivity index (χ0v) is 15.9. The van der Waals surface area contributed by atoms with E-state index in [2.05, 4.69) is 0 Å². The third-order valence-corrected chi connectivity index (χ3v) is 6.52. The Balaban J connectivity index is 1.74. The number of nitrogens with zero attached hydrogens (tertiary/aromatic N) is 1. The number of rotatable bonds is 5. The minimum absolute atomic E-state index is 0.0442. The van der Waals surface area contributed by atoms with Gasteiger partial charge in [-0.2, -0.15) is 0 Å². The summed E-state index contributed by atoms with van der Waals surface area (Å²) in [6.07, 6.45) is 4.10. The van der Waals surface area contributed by atoms with Crippen LogP contribution in [0.3, 0.4) is 0 Å². The maximum atomic E-state index is 13.3. The van der Waals surface area contributed by atoms with E-state index < -0.39 is 11.0 Å². The Hall–Kier alpha value is -1.10. The number of benzene rings is 1. The standard InChI is InChI=1S/C20H28ClNO3/c1-15-14-22(12-10-20(15,24)11-13-25-2)18(23)19(8-3-9-19)16-4-6-17(21)7-5-16/h4-7,15,24H,3,8-14H2,1-2H3/t15-,20-/m1/s1. The third kappa shape index (κ3) is 3.44. The summed E-state index contributed by atoms with van der Waals surface area (Å²) >= 11 is 6.01. The largest absolute Gasteiger partial charge is 0.389 e. The molecule has 5 heteroatoms. The number of carbonyl (C=O) groups is 1. The topological polar surface area (TPSA) is 49.8 Å². The van der Waals surface area contributed by atoms with Crippen molar-refractivity contribution >= 4 is 17.5 Å². The zero-order chi connectivity index (χ0) is 18.1. The van der Waals surface area contributed by atoms with E-state index in [1.165, 1.54) is 0 Å². The van der Waals surface area contributed by atoms with Gasteiger partial charge in [-0.25, -0.2) is 0 Å². The number of carbonyl (C=O) groups excluding carboxylic acids is 1. The lowest BCUT2D eigenvalue weighted by atomic mass is 9.63. The number of piperidine rings is 1. The van der Waals surface area contributed by atoms with Crippen LogP contribution in [0.5, 0.6) is 0 Å². The second-order valence-corrected chi connectivity index (χ2v) is 8.13. The van der Waals surface area contributed by atoms with Crippen LogP contribution in [-0.2, 0) is 14.9 Å². The molecule has 0 radical (unpaired) electrons. The quantitative estimate of drug-likeness (QED) is 0.870. The van der Waals surface area contributed by atoms with Crippen LogP contribution in [0.25, 0.3) is 0 Å². The van der Waals surface area contributed by atoms with Crippen LogP contribution in [0, 0.1) is 5.92 Å². The summed E-state index contributed by atoms with van der Waals surface area (Å²) in [5, 5.41) is 11.6. The van der Waals surface area contributed by atoms with Gasteiger partial charge < -0.3 is 14.7 Å². The predicted molar refractivity (Wildman–Crippen MR) is 98.8 cm³/mol. The summed E-state index contributed by atoms with van der Waals surface area (Å²) in [7, 11) is 1.65. The number of ether oxygens (including phenoxy) is 1. The fourth-order valence-electron chi connectivity index (χ4n) is 4.23. The maximum Gasteiger partial charge on any atom is 0.233 e. The fraction of sp³-hybridized carbons (Fsp3) is 0.650. The van der Waals surface area contributed by atoms with Crippen LogP contribution in [0.4, 0.5) is 0 Å². The monoisotopic (exact) mass is 365 g/mol. The van der Waals surface area contributed by atoms with Crippen LogP contribution in [-0.4, -0.2) is 48.3 Å². The average molecular weight is 366 g/mol. The molecule has 138 valence electrons. The van der Waals surface area contributed by atoms with Gasteiger partial charge in [-0.3, -0.25) is 4.79 Å². The van der Waals surface area contributed by atoms with Gasteiger partial charge in [-0.15, -0.1) is 0 Å². The van der Waals surface area contributed by atoms with E-state index in [0.717, 1.165) is 24.8 Å². The van der Waals surface area contributed by atoms with E-state index in [0.29, 0.717) is 37.6 Å². The van der Waals surface area contributed by atoms with Crippen LogP contribution in [0.1, 0.15) is 44.6 Å². The Labute approximate surface area is 155 Å². The first-order valence-corrected chi connectivity index (χ1v) is 9.56. The van der Waals surface area contributed by atoms with Crippen LogP contribution in [0.15, 0.2) is 24.3 Å². The summed E-state index contributed by atoms with van der Waals surface area (Å²) in [5.41, 5.74) is -0.0624. The number of hydrogen-bond acceptors (Lipinski definition) is 3. The lowest BCUT2D eigenvalue weighted by Gasteiger charge is -2.49. The van der Waals surface area contributed by atoms with Gasteiger partial charge in [0.15, 0.2) is 0 Å². The molecular weight excluding hydrogens is 338 g/mol. The molecule has 0 aromatic heterocycles. The molecule has 4 nitrogen and oxygen atoms in total. The van der Waals surface area contributed by atoms with Gasteiger partial charge in [0, 0.05) is 37.7 Å². The average Bonchev–Trinajstić information content (AvgIpc) is 2.56. The van der Waals surface area contributed by atoms with Gasteiger partial charge in [-0.05, 0) is 43.4 Å². The number of likely N-dealkylation sites (tertiary alicyclic amines) is 1. The molecule has 2 atom stereocenters. The molecule has 1 aliphatic carbocycles. The highest BCUT2D eigenvalue weighted by atomic mass is 35.5. The van der Waals surface area contributed by atoms with E-state index >= 15 is 0 Å². The highest BCUT2D eigenvalue weighted by molar-refractivity contribution is 6.30. The van der Waals surface area contributed by atoms with E-state index in [1.54, 1.807) is 7.11 Å². The van der Waals surface area contributed by atoms with Crippen molar-refractivity contribution in [2.45, 2.75) is 50.0 Å². The summed E-state index contributed by atoms with van der Waals surface area (Å²) in [6, 6.07) is 7.71. The smallest absolute Gasteiger partial charge is 0.233 e. The summed E-state index contributed by atoms with van der Waals surface area (Å²) in [4.78, 5) is 15.3. The van der Waals surface area contributed by atoms with Crippen LogP contribution < -0.4 is 0 Å². The number of hydrogen-bond donors (Lipinski definition) is 1. The fourth-order valence-corrected chi connectivity index (χ4v) is 4.36. The van der Waals surface area contributed by atoms with Crippen molar-refractivity contribution in [2.24, 2.45) is 5.92 Å². The maximum absolute atomic E-state index is 13.3. The molecule has 25 heavy (non-hydrogen) atoms. The van der Waals surface area contributed by atoms with Crippen molar-refractivity contribution in [3.8, 4) is 0 Å². The lowest BCUT2D eigenvalue weighted by molar-refractivity contribution is -0.150. The van der Waals surface area contributed by atoms with E-state index in [-0.39, 0.29) is 11.8 Å². The van der Waals surface area contributed by atoms with Gasteiger partial charge in [0.05, 0.1) is 11.0 Å². The minimum Gasteiger partial charge on any atom is -0.389 e. The molecule has 1 aliphatic heterocycles. The normalized spacial score (nSPS) is 28.5. The van der Waals surface area contributed by atoms with E-state index in [9.17, 15) is 9.90 Å². The van der Waals surface area contributed by atoms with Crippen LogP contribution >= 0.6 is 11.6 Å². The first-order chi connectivity index (χ1) is 11.9. The zero-order valence-electron chi connectivity index (χ0n) is 15.1. The molecule has 1 aromatic rings. The highest BCUT2D eigenvalue weighted by Gasteiger charge is 2.50. The summed E-state index contributed by atoms with van der Waals surface area (Å²) < 4.78 is 5.13. The Kier molecular flexibility index (Phi) is 5.42. The molecule has 0 bridgehead atoms. The van der Waals surface area contributed by atoms with Gasteiger partial charge >= 0.3 is 0 Å². The molecule has 1 heterocycles. The van der Waals surface area contributed by atoms with E-state index in [1.807, 2.05) is 36.1 Å². The van der Waals surface area contributed by atoms with Crippen molar-refractivity contribution in [3.05, 3.63) is 34.9 Å². The van der Waals surface area contributed by atoms with Crippen molar-refractivity contribution in [2.75, 3.05) is 26.8 Å². The lowest BCUT2D eigenvalue weighted by Crippen LogP contribution is -2.58. The van der Waals surface area contributed by atoms with Gasteiger partial charge in [0.2, 0.25) is 5.91 Å². The van der Waals surface area contributed by atoms with Gasteiger partial charge in [0.1, 0.15) is 0 Å². The van der Waals surface area contributed by atoms with Crippen molar-refractivity contribution in [1.29, 1.82) is 0 Å². The summed E-state index contributed by atoms with van der Waals surface area (Å²) in [5.74, 6) is 0.254. The predicted octanol–water partition coefficient (Wildman–Crippen LogP) is 3.40. The molecule has 1 amide bonds. The molecule has 0 spiro atoms. The Morgan fingerprint density at radius 2 is 2.00 bits per heavy atom. The SMILES string of the molecule is COCC[C@]1(O)CCN(C(=O)C2(c3ccc(Cl)cc3)CCC2)C[C@H]1C. The number of halogens is 1. The first-order valence-electron chi connectivity index (χ1n) is 9.18. The molecule has 1 N–H and O–H groups in total. The first kappa shape index (κ1) is 18.7. The molecule has 1 saturated heterocycles. The molecular formula is C20H28ClNO3. The van der Waals surface area contributed by atoms with Crippen molar-refractivity contribution in [3.63, 3.8) is 0 Å². The second-order valence-electron chi connectivity index (χ2n) is 7.69. The third-order valence-electron chi connectivity index (χ3n) is 6.27. The Morgan fingerprint density at radius 1 is 1.32 bits per heavy atom. The van der Waals surface area contributed by atoms with Crippen molar-refractivity contribution in [1.82, 2.24) is 4.90 Å². The molecule has 2 aliphatic rings. The molecule has 3 rings (SSSR count). The Bertz CT molecular complexity index is 614. The summed E-state index contributed by atoms with van der Waals surface area (Å²) in [6.45, 7) is 3.79. The van der Waals surface area contributed by atoms with E-state index in [4.69, 9.17) is 16.3 Å². The number of methoxy groups -OCH3 is 1. The van der Waals surface area contributed by atoms with Crippen LogP contribution in [0.2, 0.25) is 5.02 Å². The number of aliphatic hydroxyl groups is 1. The van der Waals surface area contributed by atoms with Crippen molar-refractivity contribution < 1.29 is 14.6 Å². The highest BCUT2D eigenvalue weighted by Crippen LogP contribution is 2.46. The Morgan fingerprint density at radius 3 is 2.52 bits per heavy atom. The second kappa shape index (κ2) is 7.26. The number of amides is 1. The van der Waals surface area contributed by atoms with Gasteiger partial charge in [0.25, 0.3) is 0 Å². The molecule has 1 saturated carbocycles.